The summed E-state index contributed by atoms with van der Waals surface area (Å²) in [5.74, 6) is 1.75. The largest absolute Gasteiger partial charge is 0.480 e. The Bertz CT molecular complexity index is 211. The van der Waals surface area contributed by atoms with Crippen LogP contribution in [0.15, 0.2) is 0 Å². The molecule has 1 aliphatic rings. The van der Waals surface area contributed by atoms with Gasteiger partial charge in [0.05, 0.1) is 6.04 Å². The molecule has 3 atom stereocenters. The van der Waals surface area contributed by atoms with Crippen molar-refractivity contribution in [1.82, 2.24) is 4.67 Å². The van der Waals surface area contributed by atoms with Crippen LogP contribution < -0.4 is 0 Å². The lowest BCUT2D eigenvalue weighted by Crippen LogP contribution is -2.32. The highest BCUT2D eigenvalue weighted by Gasteiger charge is 2.33. The van der Waals surface area contributed by atoms with E-state index in [4.69, 9.17) is 11.5 Å². The smallest absolute Gasteiger partial charge is 0.321 e. The standard InChI is InChI=1S/C7H10NO2P/c1-2-5-3-4-6(7(9)10)8(5)11/h1,5-6H,3-4,11H2,(H,9,10)/t5-,6?/m0/s1. The zero-order chi connectivity index (χ0) is 8.43. The summed E-state index contributed by atoms with van der Waals surface area (Å²) in [6, 6.07) is -0.442. The minimum Gasteiger partial charge on any atom is -0.480 e. The highest BCUT2D eigenvalue weighted by Crippen LogP contribution is 2.26. The van der Waals surface area contributed by atoms with Crippen LogP contribution in [0.1, 0.15) is 12.8 Å². The van der Waals surface area contributed by atoms with Gasteiger partial charge in [0.2, 0.25) is 0 Å². The lowest BCUT2D eigenvalue weighted by Gasteiger charge is -2.17. The monoisotopic (exact) mass is 171 g/mol. The van der Waals surface area contributed by atoms with Gasteiger partial charge < -0.3 is 5.11 Å². The Hall–Kier alpha value is -0.580. The molecule has 1 heterocycles. The quantitative estimate of drug-likeness (QED) is 0.456. The van der Waals surface area contributed by atoms with Crippen LogP contribution in [0, 0.1) is 12.3 Å². The minimum atomic E-state index is -0.794. The van der Waals surface area contributed by atoms with Crippen molar-refractivity contribution in [2.75, 3.05) is 0 Å². The van der Waals surface area contributed by atoms with Gasteiger partial charge in [-0.2, -0.15) is 0 Å². The van der Waals surface area contributed by atoms with Crippen LogP contribution >= 0.6 is 9.39 Å². The van der Waals surface area contributed by atoms with Gasteiger partial charge in [-0.15, -0.1) is 6.42 Å². The first-order chi connectivity index (χ1) is 5.16. The average molecular weight is 171 g/mol. The Kier molecular flexibility index (Phi) is 2.49. The van der Waals surface area contributed by atoms with Crippen molar-refractivity contribution in [3.05, 3.63) is 0 Å². The Labute approximate surface area is 68.0 Å². The van der Waals surface area contributed by atoms with Gasteiger partial charge in [0.1, 0.15) is 6.04 Å². The van der Waals surface area contributed by atoms with E-state index in [1.165, 1.54) is 0 Å². The molecule has 60 valence electrons. The zero-order valence-electron chi connectivity index (χ0n) is 6.03. The summed E-state index contributed by atoms with van der Waals surface area (Å²) < 4.78 is 1.66. The minimum absolute atomic E-state index is 0.0268. The molecule has 3 nitrogen and oxygen atoms in total. The first kappa shape index (κ1) is 8.52. The molecule has 4 heteroatoms. The van der Waals surface area contributed by atoms with Crippen LogP contribution in [0.5, 0.6) is 0 Å². The molecule has 1 rings (SSSR count). The Morgan fingerprint density at radius 2 is 2.36 bits per heavy atom. The first-order valence-electron chi connectivity index (χ1n) is 3.38. The third-order valence-corrected chi connectivity index (χ3v) is 2.63. The Balaban J connectivity index is 2.64. The number of terminal acetylenes is 1. The van der Waals surface area contributed by atoms with Crippen LogP contribution in [-0.4, -0.2) is 27.8 Å². The third kappa shape index (κ3) is 1.53. The predicted molar refractivity (Wildman–Crippen MR) is 44.8 cm³/mol. The Morgan fingerprint density at radius 1 is 1.73 bits per heavy atom. The van der Waals surface area contributed by atoms with Gasteiger partial charge in [0.25, 0.3) is 0 Å². The van der Waals surface area contributed by atoms with Gasteiger partial charge in [0, 0.05) is 0 Å². The van der Waals surface area contributed by atoms with Gasteiger partial charge in [-0.05, 0) is 12.8 Å². The van der Waals surface area contributed by atoms with Crippen molar-refractivity contribution in [2.45, 2.75) is 24.9 Å². The van der Waals surface area contributed by atoms with Crippen molar-refractivity contribution in [2.24, 2.45) is 0 Å². The van der Waals surface area contributed by atoms with E-state index < -0.39 is 12.0 Å². The molecule has 0 aromatic heterocycles. The van der Waals surface area contributed by atoms with E-state index >= 15 is 0 Å². The van der Waals surface area contributed by atoms with Crippen LogP contribution in [0.3, 0.4) is 0 Å². The second-order valence-electron chi connectivity index (χ2n) is 2.56. The summed E-state index contributed by atoms with van der Waals surface area (Å²) in [4.78, 5) is 10.5. The zero-order valence-corrected chi connectivity index (χ0v) is 7.18. The third-order valence-electron chi connectivity index (χ3n) is 1.91. The predicted octanol–water partition coefficient (Wildman–Crippen LogP) is 0.327. The summed E-state index contributed by atoms with van der Waals surface area (Å²) in [5, 5.41) is 8.67. The summed E-state index contributed by atoms with van der Waals surface area (Å²) in [6.45, 7) is 0. The second kappa shape index (κ2) is 3.21. The number of nitrogens with zero attached hydrogens (tertiary/aromatic N) is 1. The number of carboxylic acids is 1. The summed E-state index contributed by atoms with van der Waals surface area (Å²) in [5.41, 5.74) is 0. The van der Waals surface area contributed by atoms with Crippen LogP contribution in [0.25, 0.3) is 0 Å². The molecular weight excluding hydrogens is 161 g/mol. The molecule has 0 bridgehead atoms. The van der Waals surface area contributed by atoms with Crippen molar-refractivity contribution in [3.8, 4) is 12.3 Å². The van der Waals surface area contributed by atoms with Crippen molar-refractivity contribution in [3.63, 3.8) is 0 Å². The SMILES string of the molecule is C#C[C@H]1CCC(C(=O)O)N1P. The molecule has 1 saturated heterocycles. The van der Waals surface area contributed by atoms with E-state index in [1.807, 2.05) is 0 Å². The summed E-state index contributed by atoms with van der Waals surface area (Å²) >= 11 is 0. The molecule has 1 N–H and O–H groups in total. The normalized spacial score (nSPS) is 31.6. The molecule has 0 aromatic carbocycles. The summed E-state index contributed by atoms with van der Waals surface area (Å²) in [7, 11) is 2.37. The van der Waals surface area contributed by atoms with Crippen molar-refractivity contribution >= 4 is 15.4 Å². The van der Waals surface area contributed by atoms with E-state index in [0.717, 1.165) is 6.42 Å². The number of carbonyl (C=O) groups is 1. The highest BCUT2D eigenvalue weighted by atomic mass is 31.0. The Morgan fingerprint density at radius 3 is 2.64 bits per heavy atom. The molecule has 2 unspecified atom stereocenters. The molecule has 0 spiro atoms. The van der Waals surface area contributed by atoms with Gasteiger partial charge in [0.15, 0.2) is 0 Å². The molecule has 0 aromatic rings. The molecule has 1 aliphatic heterocycles. The molecule has 11 heavy (non-hydrogen) atoms. The lowest BCUT2D eigenvalue weighted by molar-refractivity contribution is -0.140. The molecule has 0 saturated carbocycles. The van der Waals surface area contributed by atoms with E-state index in [-0.39, 0.29) is 6.04 Å². The summed E-state index contributed by atoms with van der Waals surface area (Å²) in [6.07, 6.45) is 6.61. The van der Waals surface area contributed by atoms with Crippen LogP contribution in [-0.2, 0) is 4.79 Å². The average Bonchev–Trinajstić information content (AvgIpc) is 2.30. The fourth-order valence-electron chi connectivity index (χ4n) is 1.25. The van der Waals surface area contributed by atoms with Gasteiger partial charge in [-0.25, -0.2) is 0 Å². The number of hydrogen-bond donors (Lipinski definition) is 1. The first-order valence-corrected chi connectivity index (χ1v) is 3.90. The number of rotatable bonds is 1. The van der Waals surface area contributed by atoms with Crippen molar-refractivity contribution in [1.29, 1.82) is 0 Å². The van der Waals surface area contributed by atoms with E-state index in [9.17, 15) is 4.79 Å². The topological polar surface area (TPSA) is 40.5 Å². The number of aliphatic carboxylic acids is 1. The van der Waals surface area contributed by atoms with Crippen molar-refractivity contribution < 1.29 is 9.90 Å². The lowest BCUT2D eigenvalue weighted by atomic mass is 10.2. The van der Waals surface area contributed by atoms with E-state index in [1.54, 1.807) is 4.67 Å². The maximum Gasteiger partial charge on any atom is 0.321 e. The van der Waals surface area contributed by atoms with E-state index in [0.29, 0.717) is 6.42 Å². The fraction of sp³-hybridized carbons (Fsp3) is 0.571. The van der Waals surface area contributed by atoms with Crippen LogP contribution in [0.4, 0.5) is 0 Å². The second-order valence-corrected chi connectivity index (χ2v) is 3.16. The fourth-order valence-corrected chi connectivity index (χ4v) is 1.76. The van der Waals surface area contributed by atoms with Crippen LogP contribution in [0.2, 0.25) is 0 Å². The molecule has 0 radical (unpaired) electrons. The molecule has 0 amide bonds. The van der Waals surface area contributed by atoms with Gasteiger partial charge >= 0.3 is 5.97 Å². The number of hydrogen-bond acceptors (Lipinski definition) is 2. The van der Waals surface area contributed by atoms with Gasteiger partial charge in [-0.3, -0.25) is 9.46 Å². The maximum atomic E-state index is 10.5. The number of carboxylic acid groups (broad SMARTS) is 1. The molecule has 1 fully saturated rings. The molecule has 0 aliphatic carbocycles. The van der Waals surface area contributed by atoms with E-state index in [2.05, 4.69) is 15.3 Å². The van der Waals surface area contributed by atoms with Gasteiger partial charge in [-0.1, -0.05) is 15.3 Å². The maximum absolute atomic E-state index is 10.5. The molecular formula is C7H10NO2P. The highest BCUT2D eigenvalue weighted by molar-refractivity contribution is 7.13.